The number of likely N-dealkylation sites (tertiary alicyclic amines) is 1. The number of rotatable bonds is 9. The maximum atomic E-state index is 13.3. The first kappa shape index (κ1) is 24.7. The highest BCUT2D eigenvalue weighted by molar-refractivity contribution is 5.92. The van der Waals surface area contributed by atoms with E-state index in [2.05, 4.69) is 0 Å². The van der Waals surface area contributed by atoms with Crippen molar-refractivity contribution in [2.24, 2.45) is 11.7 Å². The van der Waals surface area contributed by atoms with Crippen LogP contribution in [0.3, 0.4) is 0 Å². The molecule has 1 aromatic carbocycles. The zero-order valence-corrected chi connectivity index (χ0v) is 19.2. The average Bonchev–Trinajstić information content (AvgIpc) is 3.25. The van der Waals surface area contributed by atoms with E-state index in [1.165, 1.54) is 12.0 Å². The van der Waals surface area contributed by atoms with Crippen LogP contribution in [0.25, 0.3) is 0 Å². The zero-order chi connectivity index (χ0) is 23.1. The summed E-state index contributed by atoms with van der Waals surface area (Å²) in [6, 6.07) is 5.27. The van der Waals surface area contributed by atoms with Gasteiger partial charge in [0.1, 0.15) is 17.8 Å². The van der Waals surface area contributed by atoms with Gasteiger partial charge in [-0.15, -0.1) is 0 Å². The first-order chi connectivity index (χ1) is 14.7. The van der Waals surface area contributed by atoms with Gasteiger partial charge in [0.15, 0.2) is 0 Å². The van der Waals surface area contributed by atoms with Crippen LogP contribution in [0, 0.1) is 5.92 Å². The highest BCUT2D eigenvalue weighted by Crippen LogP contribution is 2.23. The van der Waals surface area contributed by atoms with Crippen molar-refractivity contribution in [3.63, 3.8) is 0 Å². The van der Waals surface area contributed by atoms with E-state index < -0.39 is 24.1 Å². The van der Waals surface area contributed by atoms with E-state index >= 15 is 0 Å². The van der Waals surface area contributed by atoms with E-state index in [0.29, 0.717) is 31.6 Å². The van der Waals surface area contributed by atoms with Crippen molar-refractivity contribution in [2.45, 2.75) is 57.7 Å². The number of benzene rings is 1. The Balaban J connectivity index is 2.16. The molecule has 1 heterocycles. The Labute approximate surface area is 184 Å². The molecular formula is C23H35N3O5. The Bertz CT molecular complexity index is 765. The molecule has 1 saturated heterocycles. The SMILES string of the molecule is COC(=O)[C@H](Cc1ccc(OC)cc1)N(C)C(=O)[C@@H]1CCCN1C(=O)[C@@H](N)CC(C)C. The number of amides is 2. The number of methoxy groups -OCH3 is 2. The zero-order valence-electron chi connectivity index (χ0n) is 19.2. The number of hydrogen-bond acceptors (Lipinski definition) is 6. The van der Waals surface area contributed by atoms with Gasteiger partial charge in [-0.25, -0.2) is 4.79 Å². The Morgan fingerprint density at radius 3 is 2.39 bits per heavy atom. The van der Waals surface area contributed by atoms with Crippen LogP contribution < -0.4 is 10.5 Å². The first-order valence-electron chi connectivity index (χ1n) is 10.7. The normalized spacial score (nSPS) is 17.9. The van der Waals surface area contributed by atoms with Crippen LogP contribution in [-0.2, 0) is 25.5 Å². The molecule has 0 radical (unpaired) electrons. The molecule has 31 heavy (non-hydrogen) atoms. The smallest absolute Gasteiger partial charge is 0.328 e. The van der Waals surface area contributed by atoms with E-state index in [0.717, 1.165) is 12.0 Å². The van der Waals surface area contributed by atoms with E-state index in [-0.39, 0.29) is 17.7 Å². The molecule has 1 aliphatic rings. The maximum Gasteiger partial charge on any atom is 0.328 e. The first-order valence-corrected chi connectivity index (χ1v) is 10.7. The monoisotopic (exact) mass is 433 g/mol. The summed E-state index contributed by atoms with van der Waals surface area (Å²) in [5, 5.41) is 0. The van der Waals surface area contributed by atoms with Gasteiger partial charge in [0.05, 0.1) is 20.3 Å². The van der Waals surface area contributed by atoms with Gasteiger partial charge in [-0.2, -0.15) is 0 Å². The maximum absolute atomic E-state index is 13.3. The van der Waals surface area contributed by atoms with Crippen molar-refractivity contribution in [3.05, 3.63) is 29.8 Å². The predicted molar refractivity (Wildman–Crippen MR) is 117 cm³/mol. The summed E-state index contributed by atoms with van der Waals surface area (Å²) in [5.74, 6) is 0.0144. The summed E-state index contributed by atoms with van der Waals surface area (Å²) < 4.78 is 10.1. The summed E-state index contributed by atoms with van der Waals surface area (Å²) in [6.45, 7) is 4.51. The van der Waals surface area contributed by atoms with Gasteiger partial charge in [0.25, 0.3) is 0 Å². The fourth-order valence-electron chi connectivity index (χ4n) is 4.00. The van der Waals surface area contributed by atoms with Crippen molar-refractivity contribution >= 4 is 17.8 Å². The van der Waals surface area contributed by atoms with Gasteiger partial charge in [0.2, 0.25) is 11.8 Å². The molecule has 1 aromatic rings. The van der Waals surface area contributed by atoms with Gasteiger partial charge in [-0.05, 0) is 42.9 Å². The second kappa shape index (κ2) is 11.1. The van der Waals surface area contributed by atoms with Crippen LogP contribution in [-0.4, -0.2) is 73.5 Å². The van der Waals surface area contributed by atoms with Crippen molar-refractivity contribution in [1.29, 1.82) is 0 Å². The number of ether oxygens (including phenoxy) is 2. The van der Waals surface area contributed by atoms with Gasteiger partial charge >= 0.3 is 5.97 Å². The lowest BCUT2D eigenvalue weighted by Gasteiger charge is -2.33. The summed E-state index contributed by atoms with van der Waals surface area (Å²) in [7, 11) is 4.47. The summed E-state index contributed by atoms with van der Waals surface area (Å²) in [5.41, 5.74) is 6.96. The standard InChI is InChI=1S/C23H35N3O5/c1-15(2)13-18(24)21(27)26-12-6-7-19(26)22(28)25(3)20(23(29)31-5)14-16-8-10-17(30-4)11-9-16/h8-11,15,18-20H,6-7,12-14,24H2,1-5H3/t18-,19-,20-/m0/s1. The fourth-order valence-corrected chi connectivity index (χ4v) is 4.00. The molecular weight excluding hydrogens is 398 g/mol. The van der Waals surface area contributed by atoms with Gasteiger partial charge in [-0.1, -0.05) is 26.0 Å². The number of esters is 1. The van der Waals surface area contributed by atoms with Crippen LogP contribution in [0.5, 0.6) is 5.75 Å². The highest BCUT2D eigenvalue weighted by Gasteiger charge is 2.40. The van der Waals surface area contributed by atoms with Crippen molar-refractivity contribution < 1.29 is 23.9 Å². The van der Waals surface area contributed by atoms with Crippen LogP contribution >= 0.6 is 0 Å². The summed E-state index contributed by atoms with van der Waals surface area (Å²) in [4.78, 5) is 41.7. The van der Waals surface area contributed by atoms with Crippen molar-refractivity contribution in [3.8, 4) is 5.75 Å². The molecule has 2 N–H and O–H groups in total. The van der Waals surface area contributed by atoms with E-state index in [4.69, 9.17) is 15.2 Å². The number of carbonyl (C=O) groups is 3. The third-order valence-corrected chi connectivity index (χ3v) is 5.74. The lowest BCUT2D eigenvalue weighted by atomic mass is 10.0. The van der Waals surface area contributed by atoms with Gasteiger partial charge in [-0.3, -0.25) is 9.59 Å². The fraction of sp³-hybridized carbons (Fsp3) is 0.609. The highest BCUT2D eigenvalue weighted by atomic mass is 16.5. The molecule has 0 aromatic heterocycles. The largest absolute Gasteiger partial charge is 0.497 e. The van der Waals surface area contributed by atoms with Gasteiger partial charge in [0, 0.05) is 20.0 Å². The Hall–Kier alpha value is -2.61. The molecule has 2 rings (SSSR count). The summed E-state index contributed by atoms with van der Waals surface area (Å²) in [6.07, 6.45) is 2.15. The van der Waals surface area contributed by atoms with Crippen LogP contribution in [0.15, 0.2) is 24.3 Å². The number of hydrogen-bond donors (Lipinski definition) is 1. The van der Waals surface area contributed by atoms with Gasteiger partial charge < -0.3 is 25.0 Å². The van der Waals surface area contributed by atoms with Crippen molar-refractivity contribution in [1.82, 2.24) is 9.80 Å². The third kappa shape index (κ3) is 6.19. The minimum atomic E-state index is -0.798. The number of carbonyl (C=O) groups excluding carboxylic acids is 3. The molecule has 0 bridgehead atoms. The second-order valence-electron chi connectivity index (χ2n) is 8.47. The molecule has 0 unspecified atom stereocenters. The molecule has 0 spiro atoms. The molecule has 2 amide bonds. The second-order valence-corrected chi connectivity index (χ2v) is 8.47. The molecule has 1 aliphatic heterocycles. The minimum Gasteiger partial charge on any atom is -0.497 e. The van der Waals surface area contributed by atoms with E-state index in [1.54, 1.807) is 31.2 Å². The Morgan fingerprint density at radius 2 is 1.84 bits per heavy atom. The number of nitrogens with zero attached hydrogens (tertiary/aromatic N) is 2. The quantitative estimate of drug-likeness (QED) is 0.594. The average molecular weight is 434 g/mol. The molecule has 3 atom stereocenters. The van der Waals surface area contributed by atoms with Crippen LogP contribution in [0.4, 0.5) is 0 Å². The third-order valence-electron chi connectivity index (χ3n) is 5.74. The Kier molecular flexibility index (Phi) is 8.86. The molecule has 172 valence electrons. The topological polar surface area (TPSA) is 102 Å². The predicted octanol–water partition coefficient (Wildman–Crippen LogP) is 1.60. The molecule has 8 heteroatoms. The van der Waals surface area contributed by atoms with Crippen LogP contribution in [0.1, 0.15) is 38.7 Å². The van der Waals surface area contributed by atoms with Crippen LogP contribution in [0.2, 0.25) is 0 Å². The lowest BCUT2D eigenvalue weighted by molar-refractivity contribution is -0.154. The molecule has 0 saturated carbocycles. The minimum absolute atomic E-state index is 0.206. The van der Waals surface area contributed by atoms with E-state index in [9.17, 15) is 14.4 Å². The Morgan fingerprint density at radius 1 is 1.19 bits per heavy atom. The number of likely N-dealkylation sites (N-methyl/N-ethyl adjacent to an activating group) is 1. The molecule has 8 nitrogen and oxygen atoms in total. The van der Waals surface area contributed by atoms with Crippen molar-refractivity contribution in [2.75, 3.05) is 27.8 Å². The van der Waals surface area contributed by atoms with E-state index in [1.807, 2.05) is 26.0 Å². The molecule has 0 aliphatic carbocycles. The summed E-state index contributed by atoms with van der Waals surface area (Å²) >= 11 is 0. The lowest BCUT2D eigenvalue weighted by Crippen LogP contribution is -2.55. The molecule has 1 fully saturated rings. The number of nitrogens with two attached hydrogens (primary N) is 1.